The van der Waals surface area contributed by atoms with Crippen molar-refractivity contribution >= 4 is 23.3 Å². The molecule has 0 radical (unpaired) electrons. The fraction of sp³-hybridized carbons (Fsp3) is 0.442. The van der Waals surface area contributed by atoms with Gasteiger partial charge >= 0.3 is 5.97 Å². The number of aromatic nitrogens is 4. The third kappa shape index (κ3) is 7.48. The quantitative estimate of drug-likeness (QED) is 0.189. The first kappa shape index (κ1) is 39.5. The van der Waals surface area contributed by atoms with E-state index in [0.29, 0.717) is 29.7 Å². The highest BCUT2D eigenvalue weighted by Crippen LogP contribution is 2.75. The van der Waals surface area contributed by atoms with Gasteiger partial charge in [0.2, 0.25) is 5.91 Å². The van der Waals surface area contributed by atoms with E-state index in [1.54, 1.807) is 34.0 Å². The van der Waals surface area contributed by atoms with Crippen LogP contribution in [-0.2, 0) is 22.7 Å². The summed E-state index contributed by atoms with van der Waals surface area (Å²) in [5, 5.41) is 44.8. The molecule has 6 aliphatic carbocycles. The Morgan fingerprint density at radius 2 is 1.29 bits per heavy atom. The Kier molecular flexibility index (Phi) is 9.73. The Morgan fingerprint density at radius 1 is 0.763 bits per heavy atom. The lowest BCUT2D eigenvalue weighted by molar-refractivity contribution is -0.228. The number of nitrogens with one attached hydrogen (secondary N) is 1. The van der Waals surface area contributed by atoms with Crippen LogP contribution in [0.15, 0.2) is 71.4 Å². The lowest BCUT2D eigenvalue weighted by Gasteiger charge is -2.69. The minimum Gasteiger partial charge on any atom is -0.481 e. The van der Waals surface area contributed by atoms with Gasteiger partial charge in [0.25, 0.3) is 0 Å². The van der Waals surface area contributed by atoms with Crippen molar-refractivity contribution in [2.24, 2.45) is 31.9 Å². The van der Waals surface area contributed by atoms with Crippen molar-refractivity contribution in [2.45, 2.75) is 97.3 Å². The summed E-state index contributed by atoms with van der Waals surface area (Å²) in [6.45, 7) is 7.12. The molecule has 0 spiro atoms. The van der Waals surface area contributed by atoms with Crippen LogP contribution in [0, 0.1) is 68.7 Å². The summed E-state index contributed by atoms with van der Waals surface area (Å²) in [6.07, 6.45) is 12.4. The highest BCUT2D eigenvalue weighted by atomic mass is 19.1. The van der Waals surface area contributed by atoms with Crippen LogP contribution in [0.2, 0.25) is 0 Å². The van der Waals surface area contributed by atoms with Crippen LogP contribution in [0.1, 0.15) is 105 Å². The van der Waals surface area contributed by atoms with E-state index in [-0.39, 0.29) is 28.6 Å². The first-order valence-corrected chi connectivity index (χ1v) is 19.5. The van der Waals surface area contributed by atoms with Crippen LogP contribution < -0.4 is 5.43 Å². The van der Waals surface area contributed by atoms with Crippen LogP contribution in [0.25, 0.3) is 0 Å². The zero-order valence-electron chi connectivity index (χ0n) is 32.9. The second-order valence-corrected chi connectivity index (χ2v) is 17.7. The largest absolute Gasteiger partial charge is 0.481 e. The van der Waals surface area contributed by atoms with Crippen LogP contribution in [-0.4, -0.2) is 53.0 Å². The summed E-state index contributed by atoms with van der Waals surface area (Å²) in [6, 6.07) is 12.2. The first-order valence-electron chi connectivity index (χ1n) is 19.5. The molecule has 1 amide bonds. The topological polar surface area (TPSA) is 178 Å². The Hall–Kier alpha value is -6.29. The van der Waals surface area contributed by atoms with Crippen molar-refractivity contribution in [3.8, 4) is 12.1 Å². The summed E-state index contributed by atoms with van der Waals surface area (Å²) in [5.41, 5.74) is 7.57. The minimum atomic E-state index is -0.660. The van der Waals surface area contributed by atoms with Crippen molar-refractivity contribution < 1.29 is 27.9 Å². The molecule has 2 aromatic carbocycles. The summed E-state index contributed by atoms with van der Waals surface area (Å²) in [7, 11) is 0. The van der Waals surface area contributed by atoms with Crippen molar-refractivity contribution in [1.82, 2.24) is 30.0 Å². The molecule has 2 aromatic heterocycles. The minimum absolute atomic E-state index is 0.0351. The predicted molar refractivity (Wildman–Crippen MR) is 207 cm³/mol. The van der Waals surface area contributed by atoms with Gasteiger partial charge in [-0.25, -0.2) is 18.2 Å². The maximum Gasteiger partial charge on any atom is 0.309 e. The molecule has 59 heavy (non-hydrogen) atoms. The number of hydrazone groups is 2. The molecule has 6 fully saturated rings. The van der Waals surface area contributed by atoms with E-state index in [4.69, 9.17) is 15.6 Å². The maximum atomic E-state index is 13.7. The Balaban J connectivity index is 0.000000136. The number of nitriles is 2. The molecule has 13 nitrogen and oxygen atoms in total. The number of aryl methyl sites for hydroxylation is 1. The molecular weight excluding hydrogens is 762 g/mol. The number of rotatable bonds is 8. The molecule has 4 bridgehead atoms. The molecule has 304 valence electrons. The molecular formula is C43H43F3N10O3. The van der Waals surface area contributed by atoms with Gasteiger partial charge in [0, 0.05) is 55.8 Å². The number of nitrogens with zero attached hydrogens (tertiary/aromatic N) is 9. The fourth-order valence-corrected chi connectivity index (χ4v) is 10.3. The number of carbonyl (C=O) groups is 2. The SMILES string of the molecule is CC1=NN(C(=O)C23CC(Cn4cc(C#N)cn4)(C2)C3)C(c2cc(F)cc(F)c2)C1.CC1=NNC(c2cc(C)cc(F)c2)C1.N#Cc1cnn(CC23CC(C(=O)O)(C2)C3)c1. The molecule has 0 saturated heterocycles. The molecule has 2 N–H and O–H groups in total. The number of hydrogen-bond donors (Lipinski definition) is 2. The van der Waals surface area contributed by atoms with Gasteiger partial charge in [-0.05, 0) is 111 Å². The molecule has 2 aliphatic heterocycles. The molecule has 16 heteroatoms. The fourth-order valence-electron chi connectivity index (χ4n) is 10.3. The van der Waals surface area contributed by atoms with Crippen LogP contribution in [0.5, 0.6) is 0 Å². The van der Waals surface area contributed by atoms with Gasteiger partial charge in [0.1, 0.15) is 29.6 Å². The number of carbonyl (C=O) groups excluding carboxylic acids is 1. The van der Waals surface area contributed by atoms with Gasteiger partial charge in [-0.15, -0.1) is 0 Å². The van der Waals surface area contributed by atoms with Crippen molar-refractivity contribution in [3.63, 3.8) is 0 Å². The van der Waals surface area contributed by atoms with Crippen LogP contribution in [0.4, 0.5) is 13.2 Å². The van der Waals surface area contributed by atoms with E-state index in [2.05, 4.69) is 31.9 Å². The van der Waals surface area contributed by atoms with Gasteiger partial charge in [-0.1, -0.05) is 6.07 Å². The van der Waals surface area contributed by atoms with Crippen LogP contribution in [0.3, 0.4) is 0 Å². The third-order valence-electron chi connectivity index (χ3n) is 12.6. The highest BCUT2D eigenvalue weighted by Gasteiger charge is 2.73. The number of aliphatic carboxylic acids is 1. The molecule has 2 unspecified atom stereocenters. The average Bonchev–Trinajstić information content (AvgIpc) is 3.93. The zero-order chi connectivity index (χ0) is 41.9. The predicted octanol–water partition coefficient (Wildman–Crippen LogP) is 7.11. The number of hydrogen-bond acceptors (Lipinski definition) is 9. The maximum absolute atomic E-state index is 13.7. The summed E-state index contributed by atoms with van der Waals surface area (Å²) < 4.78 is 44.0. The lowest BCUT2D eigenvalue weighted by atomic mass is 9.34. The molecule has 4 heterocycles. The van der Waals surface area contributed by atoms with Gasteiger partial charge in [-0.3, -0.25) is 19.0 Å². The van der Waals surface area contributed by atoms with Gasteiger partial charge < -0.3 is 10.5 Å². The van der Waals surface area contributed by atoms with E-state index < -0.39 is 34.5 Å². The number of amides is 1. The van der Waals surface area contributed by atoms with Crippen molar-refractivity contribution in [3.05, 3.63) is 106 Å². The van der Waals surface area contributed by atoms with Gasteiger partial charge in [0.15, 0.2) is 0 Å². The van der Waals surface area contributed by atoms with E-state index in [1.165, 1.54) is 29.4 Å². The smallest absolute Gasteiger partial charge is 0.309 e. The Labute approximate surface area is 338 Å². The second-order valence-electron chi connectivity index (χ2n) is 17.7. The first-order chi connectivity index (χ1) is 28.0. The number of carboxylic acid groups (broad SMARTS) is 1. The standard InChI is InChI=1S/C21H19F2N5O.C11H13FN2.C11H11N3O2/c1-13-2-18(15-3-16(22)5-17(23)4-15)28(26-13)19(29)21-9-20(10-21,11-21)12-27-8-14(6-24)7-25-27;1-7-3-9(6-10(12)4-7)11-5-8(2)13-14-11;12-1-8-2-13-14(3-8)7-10-4-11(5-10,6-10)9(15)16/h3-5,7-8,18H,2,9-12H2,1H3;3-4,6,11,14H,5H2,1-2H3;2-3H,4-7H2,(H,15,16). The normalized spacial score (nSPS) is 28.8. The van der Waals surface area contributed by atoms with Crippen molar-refractivity contribution in [2.75, 3.05) is 0 Å². The van der Waals surface area contributed by atoms with Gasteiger partial charge in [-0.2, -0.15) is 30.9 Å². The van der Waals surface area contributed by atoms with E-state index in [9.17, 15) is 22.8 Å². The molecule has 12 rings (SSSR count). The van der Waals surface area contributed by atoms with Crippen molar-refractivity contribution in [1.29, 1.82) is 10.5 Å². The lowest BCUT2D eigenvalue weighted by Crippen LogP contribution is -2.68. The monoisotopic (exact) mass is 804 g/mol. The highest BCUT2D eigenvalue weighted by molar-refractivity contribution is 5.92. The molecule has 4 aromatic rings. The Morgan fingerprint density at radius 3 is 1.76 bits per heavy atom. The number of halogens is 3. The average molecular weight is 805 g/mol. The summed E-state index contributed by atoms with van der Waals surface area (Å²) in [4.78, 5) is 24.2. The zero-order valence-corrected chi connectivity index (χ0v) is 32.9. The molecule has 6 saturated carbocycles. The van der Waals surface area contributed by atoms with Crippen LogP contribution >= 0.6 is 0 Å². The Bertz CT molecular complexity index is 2430. The molecule has 8 aliphatic rings. The third-order valence-corrected chi connectivity index (χ3v) is 12.6. The van der Waals surface area contributed by atoms with Gasteiger partial charge in [0.05, 0.1) is 46.4 Å². The van der Waals surface area contributed by atoms with E-state index >= 15 is 0 Å². The van der Waals surface area contributed by atoms with E-state index in [0.717, 1.165) is 80.1 Å². The molecule has 2 atom stereocenters. The second kappa shape index (κ2) is 14.5. The number of carboxylic acids is 1. The number of benzene rings is 2. The summed E-state index contributed by atoms with van der Waals surface area (Å²) >= 11 is 0. The van der Waals surface area contributed by atoms with E-state index in [1.807, 2.05) is 32.9 Å². The summed E-state index contributed by atoms with van der Waals surface area (Å²) in [5.74, 6) is -2.21.